The van der Waals surface area contributed by atoms with E-state index in [2.05, 4.69) is 10.2 Å². The number of rotatable bonds is 12. The molecule has 0 aliphatic carbocycles. The standard InChI is InChI=1S/C28H26N2O7S/c1-4-35-24-12-19(10-11-23(24)36-17-18-8-6-5-7-9-18)13-25(27(31)32)38-28-30-29-26(37-28)20-14-21(33-2)16-22(15-20)34-3/h5-16H,4,17H2,1-3H3,(H,31,32)/b25-13-. The van der Waals surface area contributed by atoms with E-state index >= 15 is 0 Å². The van der Waals surface area contributed by atoms with Gasteiger partial charge in [0, 0.05) is 11.6 Å². The molecule has 3 aromatic carbocycles. The molecule has 0 bridgehead atoms. The van der Waals surface area contributed by atoms with E-state index < -0.39 is 5.97 Å². The highest BCUT2D eigenvalue weighted by Gasteiger charge is 2.18. The summed E-state index contributed by atoms with van der Waals surface area (Å²) in [6.07, 6.45) is 1.51. The Labute approximate surface area is 224 Å². The summed E-state index contributed by atoms with van der Waals surface area (Å²) in [5.41, 5.74) is 2.21. The van der Waals surface area contributed by atoms with Crippen LogP contribution >= 0.6 is 11.8 Å². The van der Waals surface area contributed by atoms with Gasteiger partial charge >= 0.3 is 5.97 Å². The van der Waals surface area contributed by atoms with E-state index in [-0.39, 0.29) is 16.0 Å². The van der Waals surface area contributed by atoms with Crippen molar-refractivity contribution in [1.82, 2.24) is 10.2 Å². The molecule has 1 heterocycles. The average molecular weight is 535 g/mol. The lowest BCUT2D eigenvalue weighted by atomic mass is 10.2. The first-order valence-corrected chi connectivity index (χ1v) is 12.4. The van der Waals surface area contributed by atoms with Gasteiger partial charge < -0.3 is 28.5 Å². The van der Waals surface area contributed by atoms with Gasteiger partial charge in [-0.2, -0.15) is 0 Å². The molecule has 4 aromatic rings. The fraction of sp³-hybridized carbons (Fsp3) is 0.179. The van der Waals surface area contributed by atoms with E-state index in [9.17, 15) is 9.90 Å². The molecule has 0 atom stereocenters. The number of carboxylic acids is 1. The van der Waals surface area contributed by atoms with E-state index in [4.69, 9.17) is 23.4 Å². The minimum atomic E-state index is -1.14. The predicted molar refractivity (Wildman–Crippen MR) is 143 cm³/mol. The lowest BCUT2D eigenvalue weighted by Gasteiger charge is -2.13. The van der Waals surface area contributed by atoms with Crippen LogP contribution in [-0.2, 0) is 11.4 Å². The van der Waals surface area contributed by atoms with Gasteiger partial charge in [-0.25, -0.2) is 4.79 Å². The first-order valence-electron chi connectivity index (χ1n) is 11.6. The van der Waals surface area contributed by atoms with Crippen LogP contribution in [0.1, 0.15) is 18.1 Å². The second-order valence-corrected chi connectivity index (χ2v) is 8.80. The summed E-state index contributed by atoms with van der Waals surface area (Å²) in [6, 6.07) is 20.2. The highest BCUT2D eigenvalue weighted by atomic mass is 32.2. The zero-order valence-corrected chi connectivity index (χ0v) is 21.9. The van der Waals surface area contributed by atoms with Crippen molar-refractivity contribution in [3.05, 3.63) is 82.8 Å². The van der Waals surface area contributed by atoms with Crippen LogP contribution in [0.15, 0.2) is 81.3 Å². The zero-order valence-electron chi connectivity index (χ0n) is 21.0. The number of aliphatic carboxylic acids is 1. The number of carboxylic acid groups (broad SMARTS) is 1. The second-order valence-electron chi connectivity index (χ2n) is 7.80. The normalized spacial score (nSPS) is 11.2. The van der Waals surface area contributed by atoms with Crippen LogP contribution in [0.5, 0.6) is 23.0 Å². The Kier molecular flexibility index (Phi) is 8.89. The molecule has 0 radical (unpaired) electrons. The number of hydrogen-bond acceptors (Lipinski definition) is 9. The number of hydrogen-bond donors (Lipinski definition) is 1. The molecular weight excluding hydrogens is 508 g/mol. The van der Waals surface area contributed by atoms with Gasteiger partial charge in [0.25, 0.3) is 5.22 Å². The SMILES string of the molecule is CCOc1cc(/C=C(\Sc2nnc(-c3cc(OC)cc(OC)c3)o2)C(=O)O)ccc1OCc1ccccc1. The van der Waals surface area contributed by atoms with E-state index in [0.717, 1.165) is 17.3 Å². The number of aromatic nitrogens is 2. The average Bonchev–Trinajstić information content (AvgIpc) is 3.41. The van der Waals surface area contributed by atoms with Gasteiger partial charge in [0.1, 0.15) is 23.0 Å². The maximum Gasteiger partial charge on any atom is 0.342 e. The largest absolute Gasteiger partial charge is 0.497 e. The van der Waals surface area contributed by atoms with Crippen molar-refractivity contribution in [3.63, 3.8) is 0 Å². The van der Waals surface area contributed by atoms with E-state index in [1.165, 1.54) is 20.3 Å². The molecule has 10 heteroatoms. The molecule has 38 heavy (non-hydrogen) atoms. The van der Waals surface area contributed by atoms with Crippen LogP contribution in [0.3, 0.4) is 0 Å². The van der Waals surface area contributed by atoms with Crippen molar-refractivity contribution >= 4 is 23.8 Å². The molecule has 0 amide bonds. The van der Waals surface area contributed by atoms with E-state index in [1.807, 2.05) is 37.3 Å². The summed E-state index contributed by atoms with van der Waals surface area (Å²) >= 11 is 0.845. The molecule has 0 saturated heterocycles. The third-order valence-electron chi connectivity index (χ3n) is 5.22. The van der Waals surface area contributed by atoms with Gasteiger partial charge in [0.05, 0.1) is 20.8 Å². The second kappa shape index (κ2) is 12.7. The quantitative estimate of drug-likeness (QED) is 0.173. The van der Waals surface area contributed by atoms with Gasteiger partial charge in [-0.05, 0) is 60.2 Å². The van der Waals surface area contributed by atoms with Gasteiger partial charge in [0.15, 0.2) is 11.5 Å². The van der Waals surface area contributed by atoms with Gasteiger partial charge in [-0.15, -0.1) is 10.2 Å². The molecule has 196 valence electrons. The van der Waals surface area contributed by atoms with Crippen molar-refractivity contribution in [3.8, 4) is 34.5 Å². The van der Waals surface area contributed by atoms with Gasteiger partial charge in [-0.1, -0.05) is 36.4 Å². The Morgan fingerprint density at radius 1 is 0.947 bits per heavy atom. The van der Waals surface area contributed by atoms with Crippen molar-refractivity contribution in [2.45, 2.75) is 18.8 Å². The maximum atomic E-state index is 12.0. The maximum absolute atomic E-state index is 12.0. The summed E-state index contributed by atoms with van der Waals surface area (Å²) in [4.78, 5) is 12.0. The molecule has 0 fully saturated rings. The van der Waals surface area contributed by atoms with Crippen LogP contribution in [0.4, 0.5) is 0 Å². The molecule has 1 aromatic heterocycles. The lowest BCUT2D eigenvalue weighted by Crippen LogP contribution is -2.00. The number of thioether (sulfide) groups is 1. The molecule has 0 unspecified atom stereocenters. The van der Waals surface area contributed by atoms with E-state index in [0.29, 0.717) is 47.3 Å². The van der Waals surface area contributed by atoms with Crippen LogP contribution in [-0.4, -0.2) is 42.1 Å². The Morgan fingerprint density at radius 3 is 2.34 bits per heavy atom. The number of nitrogens with zero attached hydrogens (tertiary/aromatic N) is 2. The van der Waals surface area contributed by atoms with Crippen molar-refractivity contribution in [2.24, 2.45) is 0 Å². The van der Waals surface area contributed by atoms with Crippen molar-refractivity contribution in [1.29, 1.82) is 0 Å². The van der Waals surface area contributed by atoms with E-state index in [1.54, 1.807) is 36.4 Å². The van der Waals surface area contributed by atoms with Gasteiger partial charge in [0.2, 0.25) is 5.89 Å². The summed E-state index contributed by atoms with van der Waals surface area (Å²) < 4.78 is 28.0. The Morgan fingerprint density at radius 2 is 1.68 bits per heavy atom. The molecular formula is C28H26N2O7S. The fourth-order valence-electron chi connectivity index (χ4n) is 3.42. The summed E-state index contributed by atoms with van der Waals surface area (Å²) in [6.45, 7) is 2.67. The Bertz CT molecular complexity index is 1400. The summed E-state index contributed by atoms with van der Waals surface area (Å²) in [5.74, 6) is 1.25. The summed E-state index contributed by atoms with van der Waals surface area (Å²) in [7, 11) is 3.08. The number of carbonyl (C=O) groups is 1. The molecule has 1 N–H and O–H groups in total. The molecule has 0 aliphatic heterocycles. The minimum Gasteiger partial charge on any atom is -0.497 e. The van der Waals surface area contributed by atoms with Crippen molar-refractivity contribution < 1.29 is 33.3 Å². The number of ether oxygens (including phenoxy) is 4. The predicted octanol–water partition coefficient (Wildman–Crippen LogP) is 5.95. The van der Waals surface area contributed by atoms with Crippen LogP contribution < -0.4 is 18.9 Å². The first-order chi connectivity index (χ1) is 18.5. The molecule has 0 spiro atoms. The van der Waals surface area contributed by atoms with Crippen LogP contribution in [0.25, 0.3) is 17.5 Å². The monoisotopic (exact) mass is 534 g/mol. The molecule has 0 aliphatic rings. The highest BCUT2D eigenvalue weighted by molar-refractivity contribution is 8.03. The molecule has 0 saturated carbocycles. The number of methoxy groups -OCH3 is 2. The summed E-state index contributed by atoms with van der Waals surface area (Å²) in [5, 5.41) is 17.9. The lowest BCUT2D eigenvalue weighted by molar-refractivity contribution is -0.131. The molecule has 4 rings (SSSR count). The van der Waals surface area contributed by atoms with Gasteiger partial charge in [-0.3, -0.25) is 0 Å². The smallest absolute Gasteiger partial charge is 0.342 e. The number of benzene rings is 3. The minimum absolute atomic E-state index is 0.0103. The topological polar surface area (TPSA) is 113 Å². The molecule has 9 nitrogen and oxygen atoms in total. The third-order valence-corrected chi connectivity index (χ3v) is 6.07. The fourth-order valence-corrected chi connectivity index (χ4v) is 4.09. The highest BCUT2D eigenvalue weighted by Crippen LogP contribution is 2.35. The van der Waals surface area contributed by atoms with Crippen LogP contribution in [0.2, 0.25) is 0 Å². The first kappa shape index (κ1) is 26.6. The van der Waals surface area contributed by atoms with Crippen molar-refractivity contribution in [2.75, 3.05) is 20.8 Å². The van der Waals surface area contributed by atoms with Crippen LogP contribution in [0, 0.1) is 0 Å². The Balaban J connectivity index is 1.54. The zero-order chi connectivity index (χ0) is 26.9. The third kappa shape index (κ3) is 6.86. The Hall–Kier alpha value is -4.44.